The molecule has 248 valence electrons. The van der Waals surface area contributed by atoms with E-state index in [-0.39, 0.29) is 17.0 Å². The summed E-state index contributed by atoms with van der Waals surface area (Å²) in [5, 5.41) is 0.156. The van der Waals surface area contributed by atoms with Gasteiger partial charge in [0, 0.05) is 50.2 Å². The van der Waals surface area contributed by atoms with Crippen molar-refractivity contribution in [3.8, 4) is 5.75 Å². The molecule has 16 heteroatoms. The van der Waals surface area contributed by atoms with Gasteiger partial charge in [-0.05, 0) is 67.8 Å². The Hall–Kier alpha value is -3.09. The molecule has 3 aliphatic rings. The van der Waals surface area contributed by atoms with Gasteiger partial charge >= 0.3 is 26.2 Å². The lowest BCUT2D eigenvalue weighted by atomic mass is 9.94. The zero-order valence-electron chi connectivity index (χ0n) is 25.5. The van der Waals surface area contributed by atoms with E-state index in [0.29, 0.717) is 29.6 Å². The summed E-state index contributed by atoms with van der Waals surface area (Å²) in [5.41, 5.74) is 0.775. The monoisotopic (exact) mass is 676 g/mol. The molecule has 6 rings (SSSR count). The zero-order valence-corrected chi connectivity index (χ0v) is 27.3. The molecule has 0 amide bonds. The first-order valence-electron chi connectivity index (χ1n) is 15.3. The van der Waals surface area contributed by atoms with Crippen LogP contribution in [0.25, 0.3) is 10.9 Å². The van der Waals surface area contributed by atoms with Crippen molar-refractivity contribution in [3.05, 3.63) is 63.7 Å². The molecule has 2 saturated heterocycles. The number of nitrogens with one attached hydrogen (secondary N) is 1. The number of ether oxygens (including phenoxy) is 2. The van der Waals surface area contributed by atoms with Crippen molar-refractivity contribution in [2.45, 2.75) is 62.6 Å². The Labute approximate surface area is 265 Å². The van der Waals surface area contributed by atoms with Crippen LogP contribution < -0.4 is 20.4 Å². The van der Waals surface area contributed by atoms with E-state index in [1.165, 1.54) is 31.6 Å². The molecule has 2 aromatic heterocycles. The van der Waals surface area contributed by atoms with E-state index in [0.717, 1.165) is 62.8 Å². The van der Waals surface area contributed by atoms with Crippen LogP contribution in [0.5, 0.6) is 5.75 Å². The number of esters is 1. The molecule has 0 radical (unpaired) electrons. The number of benzene rings is 1. The number of hydrogen-bond donors (Lipinski definition) is 5. The van der Waals surface area contributed by atoms with Crippen LogP contribution in [0.3, 0.4) is 0 Å². The van der Waals surface area contributed by atoms with Crippen molar-refractivity contribution in [1.82, 2.24) is 14.9 Å². The van der Waals surface area contributed by atoms with Crippen molar-refractivity contribution >= 4 is 37.8 Å². The maximum absolute atomic E-state index is 14.1. The van der Waals surface area contributed by atoms with Gasteiger partial charge in [0.15, 0.2) is 5.75 Å². The molecule has 2 aliphatic heterocycles. The number of aromatic nitrogens is 2. The fourth-order valence-electron chi connectivity index (χ4n) is 6.86. The van der Waals surface area contributed by atoms with Gasteiger partial charge < -0.3 is 43.8 Å². The van der Waals surface area contributed by atoms with Crippen LogP contribution in [0.4, 0.5) is 5.69 Å². The highest BCUT2D eigenvalue weighted by molar-refractivity contribution is 7.72. The molecule has 0 spiro atoms. The molecule has 1 aromatic carbocycles. The zero-order chi connectivity index (χ0) is 33.0. The number of piperidine rings is 1. The van der Waals surface area contributed by atoms with E-state index < -0.39 is 43.7 Å². The molecule has 14 nitrogen and oxygen atoms in total. The number of aryl methyl sites for hydroxylation is 1. The molecule has 1 saturated carbocycles. The third-order valence-electron chi connectivity index (χ3n) is 9.31. The normalized spacial score (nSPS) is 20.5. The molecular formula is C30H38N4O10P2. The summed E-state index contributed by atoms with van der Waals surface area (Å²) >= 11 is 0. The van der Waals surface area contributed by atoms with Crippen molar-refractivity contribution in [3.63, 3.8) is 0 Å². The third kappa shape index (κ3) is 5.70. The Morgan fingerprint density at radius 3 is 2.48 bits per heavy atom. The van der Waals surface area contributed by atoms with Gasteiger partial charge in [0.1, 0.15) is 5.56 Å². The van der Waals surface area contributed by atoms with Gasteiger partial charge in [-0.25, -0.2) is 4.79 Å². The summed E-state index contributed by atoms with van der Waals surface area (Å²) < 4.78 is 38.5. The fourth-order valence-corrected chi connectivity index (χ4v) is 9.39. The third-order valence-corrected chi connectivity index (χ3v) is 13.2. The van der Waals surface area contributed by atoms with Gasteiger partial charge in [-0.2, -0.15) is 0 Å². The summed E-state index contributed by atoms with van der Waals surface area (Å²) in [4.78, 5) is 75.1. The molecule has 2 atom stereocenters. The van der Waals surface area contributed by atoms with Crippen molar-refractivity contribution in [2.24, 2.45) is 5.92 Å². The number of hydrogen-bond acceptors (Lipinski definition) is 9. The lowest BCUT2D eigenvalue weighted by Gasteiger charge is -2.34. The second kappa shape index (κ2) is 12.2. The second-order valence-corrected chi connectivity index (χ2v) is 16.3. The number of pyridine rings is 2. The number of methoxy groups -OCH3 is 1. The summed E-state index contributed by atoms with van der Waals surface area (Å²) in [6.07, 6.45) is 6.97. The Morgan fingerprint density at radius 1 is 1.15 bits per heavy atom. The standard InChI is InChI=1S/C30H38N4O10P2/c1-3-19-12-22-26(28(43-2)25(19)33-15-20-7-5-11-32-24(20)17-33)34(21-8-9-21)16-23(27(22)35)29(36)44-30(45(37,38)39,46(40,41)42)13-18-6-4-10-31-14-18/h4,6,10,12,14,16,20-21,24,32H,3,5,7-9,11,13,15,17H2,1-2H3,(H2,37,38,39)(H2,40,41,42)/t20?,24-/m0/s1. The van der Waals surface area contributed by atoms with Crippen LogP contribution in [-0.2, 0) is 26.7 Å². The summed E-state index contributed by atoms with van der Waals surface area (Å²) in [6, 6.07) is 4.69. The number of anilines is 1. The lowest BCUT2D eigenvalue weighted by molar-refractivity contribution is 0.0237. The molecule has 0 bridgehead atoms. The maximum atomic E-state index is 14.1. The molecule has 3 aromatic rings. The number of rotatable bonds is 10. The highest BCUT2D eigenvalue weighted by atomic mass is 31.2. The molecule has 1 unspecified atom stereocenters. The minimum absolute atomic E-state index is 0.00216. The number of fused-ring (bicyclic) bond motifs is 2. The quantitative estimate of drug-likeness (QED) is 0.155. The van der Waals surface area contributed by atoms with Crippen LogP contribution in [0, 0.1) is 5.92 Å². The maximum Gasteiger partial charge on any atom is 0.381 e. The Bertz CT molecular complexity index is 1780. The summed E-state index contributed by atoms with van der Waals surface area (Å²) in [6.45, 7) is 4.53. The van der Waals surface area contributed by atoms with E-state index in [1.54, 1.807) is 10.6 Å². The van der Waals surface area contributed by atoms with Crippen LogP contribution in [0.15, 0.2) is 41.6 Å². The molecule has 5 N–H and O–H groups in total. The highest BCUT2D eigenvalue weighted by Crippen LogP contribution is 2.71. The molecular weight excluding hydrogens is 638 g/mol. The van der Waals surface area contributed by atoms with Gasteiger partial charge in [-0.15, -0.1) is 0 Å². The molecule has 3 fully saturated rings. The Balaban J connectivity index is 1.50. The average molecular weight is 677 g/mol. The SMILES string of the molecule is CCc1cc2c(=O)c(C(=O)OC(Cc3cccnc3)(P(=O)(O)O)P(=O)(O)O)cn(C3CC3)c2c(OC)c1N1CC2CCCN[C@H]2C1. The molecule has 1 aliphatic carbocycles. The first kappa shape index (κ1) is 32.8. The largest absolute Gasteiger partial charge is 0.492 e. The van der Waals surface area contributed by atoms with E-state index in [4.69, 9.17) is 9.47 Å². The van der Waals surface area contributed by atoms with E-state index in [2.05, 4.69) is 15.2 Å². The molecule has 4 heterocycles. The van der Waals surface area contributed by atoms with Crippen molar-refractivity contribution < 1.29 is 43.0 Å². The van der Waals surface area contributed by atoms with E-state index in [1.807, 2.05) is 6.92 Å². The van der Waals surface area contributed by atoms with E-state index in [9.17, 15) is 38.3 Å². The first-order valence-corrected chi connectivity index (χ1v) is 18.5. The van der Waals surface area contributed by atoms with Gasteiger partial charge in [0.05, 0.1) is 23.7 Å². The predicted molar refractivity (Wildman–Crippen MR) is 169 cm³/mol. The fraction of sp³-hybridized carbons (Fsp3) is 0.500. The Kier molecular flexibility index (Phi) is 8.69. The lowest BCUT2D eigenvalue weighted by Crippen LogP contribution is -2.40. The first-order chi connectivity index (χ1) is 21.8. The van der Waals surface area contributed by atoms with Crippen LogP contribution in [0.2, 0.25) is 0 Å². The van der Waals surface area contributed by atoms with Gasteiger partial charge in [0.2, 0.25) is 5.43 Å². The smallest absolute Gasteiger partial charge is 0.381 e. The topological polar surface area (TPSA) is 201 Å². The predicted octanol–water partition coefficient (Wildman–Crippen LogP) is 2.90. The second-order valence-electron chi connectivity index (χ2n) is 12.3. The minimum atomic E-state index is -5.88. The highest BCUT2D eigenvalue weighted by Gasteiger charge is 2.64. The van der Waals surface area contributed by atoms with Crippen molar-refractivity contribution in [2.75, 3.05) is 31.6 Å². The number of carbonyl (C=O) groups excluding carboxylic acids is 1. The molecule has 46 heavy (non-hydrogen) atoms. The minimum Gasteiger partial charge on any atom is -0.492 e. The van der Waals surface area contributed by atoms with Crippen molar-refractivity contribution in [1.29, 1.82) is 0 Å². The van der Waals surface area contributed by atoms with Crippen LogP contribution in [-0.4, -0.2) is 73.0 Å². The van der Waals surface area contributed by atoms with E-state index >= 15 is 0 Å². The number of nitrogens with zero attached hydrogens (tertiary/aromatic N) is 3. The van der Waals surface area contributed by atoms with Gasteiger partial charge in [-0.1, -0.05) is 13.0 Å². The average Bonchev–Trinajstić information content (AvgIpc) is 3.77. The number of carbonyl (C=O) groups is 1. The summed E-state index contributed by atoms with van der Waals surface area (Å²) in [5.74, 6) is -0.586. The van der Waals surface area contributed by atoms with Crippen LogP contribution in [0.1, 0.15) is 60.1 Å². The Morgan fingerprint density at radius 2 is 1.89 bits per heavy atom. The summed E-state index contributed by atoms with van der Waals surface area (Å²) in [7, 11) is -10.2. The van der Waals surface area contributed by atoms with Gasteiger partial charge in [-0.3, -0.25) is 18.9 Å². The van der Waals surface area contributed by atoms with Gasteiger partial charge in [0.25, 0.3) is 0 Å². The van der Waals surface area contributed by atoms with Crippen LogP contribution >= 0.6 is 15.2 Å².